The van der Waals surface area contributed by atoms with Gasteiger partial charge in [0.15, 0.2) is 0 Å². The normalized spacial score (nSPS) is 12.0. The molecule has 0 aliphatic carbocycles. The Kier molecular flexibility index (Phi) is 5.23. The van der Waals surface area contributed by atoms with Crippen LogP contribution in [0.15, 0.2) is 42.5 Å². The lowest BCUT2D eigenvalue weighted by molar-refractivity contribution is 0.382. The molecule has 0 fully saturated rings. The maximum absolute atomic E-state index is 6.43. The average Bonchev–Trinajstić information content (AvgIpc) is 2.54. The number of aryl methyl sites for hydroxylation is 1. The van der Waals surface area contributed by atoms with Crippen molar-refractivity contribution in [3.63, 3.8) is 0 Å². The first kappa shape index (κ1) is 15.4. The molecule has 0 aliphatic heterocycles. The van der Waals surface area contributed by atoms with Gasteiger partial charge in [-0.2, -0.15) is 0 Å². The molecule has 0 amide bonds. The molecule has 112 valence electrons. The highest BCUT2D eigenvalue weighted by molar-refractivity contribution is 5.50. The Morgan fingerprint density at radius 3 is 2.00 bits per heavy atom. The fourth-order valence-corrected chi connectivity index (χ4v) is 2.53. The Balaban J connectivity index is 2.37. The van der Waals surface area contributed by atoms with E-state index in [1.165, 1.54) is 5.56 Å². The van der Waals surface area contributed by atoms with Crippen LogP contribution >= 0.6 is 0 Å². The van der Waals surface area contributed by atoms with E-state index in [0.29, 0.717) is 0 Å². The van der Waals surface area contributed by atoms with Crippen LogP contribution in [0, 0.1) is 0 Å². The minimum absolute atomic E-state index is 0.272. The van der Waals surface area contributed by atoms with Gasteiger partial charge in [-0.3, -0.25) is 0 Å². The fourth-order valence-electron chi connectivity index (χ4n) is 2.53. The van der Waals surface area contributed by atoms with Crippen LogP contribution in [0.3, 0.4) is 0 Å². The zero-order chi connectivity index (χ0) is 15.2. The van der Waals surface area contributed by atoms with Crippen LogP contribution < -0.4 is 15.2 Å². The molecule has 1 atom stereocenters. The smallest absolute Gasteiger partial charge is 0.127 e. The van der Waals surface area contributed by atoms with Crippen molar-refractivity contribution in [1.29, 1.82) is 0 Å². The van der Waals surface area contributed by atoms with Crippen molar-refractivity contribution in [1.82, 2.24) is 0 Å². The summed E-state index contributed by atoms with van der Waals surface area (Å²) < 4.78 is 10.9. The second-order valence-corrected chi connectivity index (χ2v) is 5.05. The van der Waals surface area contributed by atoms with Gasteiger partial charge in [0.05, 0.1) is 25.8 Å². The maximum Gasteiger partial charge on any atom is 0.127 e. The Bertz CT molecular complexity index is 556. The van der Waals surface area contributed by atoms with Crippen molar-refractivity contribution in [2.24, 2.45) is 5.73 Å². The first-order valence-electron chi connectivity index (χ1n) is 7.26. The molecule has 21 heavy (non-hydrogen) atoms. The highest BCUT2D eigenvalue weighted by Crippen LogP contribution is 2.35. The van der Waals surface area contributed by atoms with E-state index < -0.39 is 0 Å². The molecular weight excluding hydrogens is 262 g/mol. The molecule has 0 spiro atoms. The molecule has 2 aromatic carbocycles. The Hall–Kier alpha value is -2.00. The van der Waals surface area contributed by atoms with Gasteiger partial charge in [0, 0.05) is 0 Å². The molecule has 0 aromatic heterocycles. The lowest BCUT2D eigenvalue weighted by atomic mass is 9.96. The van der Waals surface area contributed by atoms with Gasteiger partial charge in [-0.25, -0.2) is 0 Å². The summed E-state index contributed by atoms with van der Waals surface area (Å²) >= 11 is 0. The quantitative estimate of drug-likeness (QED) is 0.880. The summed E-state index contributed by atoms with van der Waals surface area (Å²) in [4.78, 5) is 0. The third-order valence-corrected chi connectivity index (χ3v) is 3.65. The Morgan fingerprint density at radius 1 is 0.952 bits per heavy atom. The van der Waals surface area contributed by atoms with Crippen LogP contribution in [0.1, 0.15) is 36.1 Å². The third kappa shape index (κ3) is 3.37. The molecule has 0 saturated heterocycles. The van der Waals surface area contributed by atoms with Crippen LogP contribution in [0.4, 0.5) is 0 Å². The van der Waals surface area contributed by atoms with Crippen molar-refractivity contribution < 1.29 is 9.47 Å². The van der Waals surface area contributed by atoms with Crippen LogP contribution in [0.25, 0.3) is 0 Å². The highest BCUT2D eigenvalue weighted by Gasteiger charge is 2.19. The summed E-state index contributed by atoms with van der Waals surface area (Å²) in [7, 11) is 3.30. The van der Waals surface area contributed by atoms with Crippen molar-refractivity contribution in [3.05, 3.63) is 59.2 Å². The molecule has 0 bridgehead atoms. The number of rotatable bonds is 6. The predicted molar refractivity (Wildman–Crippen MR) is 86.0 cm³/mol. The van der Waals surface area contributed by atoms with Gasteiger partial charge in [-0.1, -0.05) is 43.7 Å². The summed E-state index contributed by atoms with van der Waals surface area (Å²) in [6.07, 6.45) is 2.24. The molecule has 3 nitrogen and oxygen atoms in total. The monoisotopic (exact) mass is 285 g/mol. The maximum atomic E-state index is 6.43. The first-order chi connectivity index (χ1) is 10.2. The molecule has 0 heterocycles. The number of benzene rings is 2. The minimum Gasteiger partial charge on any atom is -0.496 e. The number of hydrogen-bond acceptors (Lipinski definition) is 3. The van der Waals surface area contributed by atoms with E-state index >= 15 is 0 Å². The van der Waals surface area contributed by atoms with E-state index in [-0.39, 0.29) is 6.04 Å². The van der Waals surface area contributed by atoms with Crippen molar-refractivity contribution in [2.45, 2.75) is 25.8 Å². The third-order valence-electron chi connectivity index (χ3n) is 3.65. The number of ether oxygens (including phenoxy) is 2. The fraction of sp³-hybridized carbons (Fsp3) is 0.333. The molecule has 0 aliphatic rings. The van der Waals surface area contributed by atoms with E-state index in [4.69, 9.17) is 15.2 Å². The topological polar surface area (TPSA) is 44.5 Å². The second-order valence-electron chi connectivity index (χ2n) is 5.05. The van der Waals surface area contributed by atoms with Gasteiger partial charge >= 0.3 is 0 Å². The van der Waals surface area contributed by atoms with Crippen molar-refractivity contribution in [2.75, 3.05) is 14.2 Å². The molecule has 1 unspecified atom stereocenters. The van der Waals surface area contributed by atoms with Gasteiger partial charge in [-0.15, -0.1) is 0 Å². The number of nitrogens with two attached hydrogens (primary N) is 1. The molecular formula is C18H23NO2. The largest absolute Gasteiger partial charge is 0.496 e. The van der Waals surface area contributed by atoms with Crippen molar-refractivity contribution >= 4 is 0 Å². The number of hydrogen-bond donors (Lipinski definition) is 1. The van der Waals surface area contributed by atoms with Gasteiger partial charge < -0.3 is 15.2 Å². The molecule has 2 rings (SSSR count). The van der Waals surface area contributed by atoms with E-state index in [1.807, 2.05) is 18.2 Å². The lowest BCUT2D eigenvalue weighted by Gasteiger charge is -2.19. The zero-order valence-corrected chi connectivity index (χ0v) is 12.9. The second kappa shape index (κ2) is 7.14. The average molecular weight is 285 g/mol. The number of methoxy groups -OCH3 is 2. The van der Waals surface area contributed by atoms with Gasteiger partial charge in [0.2, 0.25) is 0 Å². The Morgan fingerprint density at radius 2 is 1.52 bits per heavy atom. The van der Waals surface area contributed by atoms with Gasteiger partial charge in [0.1, 0.15) is 11.5 Å². The summed E-state index contributed by atoms with van der Waals surface area (Å²) in [6, 6.07) is 13.9. The first-order valence-corrected chi connectivity index (χ1v) is 7.26. The summed E-state index contributed by atoms with van der Waals surface area (Å²) in [5.74, 6) is 1.50. The molecule has 0 saturated carbocycles. The summed E-state index contributed by atoms with van der Waals surface area (Å²) in [5.41, 5.74) is 9.70. The summed E-state index contributed by atoms with van der Waals surface area (Å²) in [5, 5.41) is 0. The molecule has 0 radical (unpaired) electrons. The SMILES string of the molecule is CCCc1ccc(C(N)c2c(OC)cccc2OC)cc1. The van der Waals surface area contributed by atoms with Gasteiger partial charge in [0.25, 0.3) is 0 Å². The zero-order valence-electron chi connectivity index (χ0n) is 12.9. The molecule has 3 heteroatoms. The molecule has 2 aromatic rings. The van der Waals surface area contributed by atoms with E-state index in [0.717, 1.165) is 35.5 Å². The van der Waals surface area contributed by atoms with Gasteiger partial charge in [-0.05, 0) is 29.7 Å². The predicted octanol–water partition coefficient (Wildman–Crippen LogP) is 3.70. The van der Waals surface area contributed by atoms with E-state index in [9.17, 15) is 0 Å². The minimum atomic E-state index is -0.272. The van der Waals surface area contributed by atoms with E-state index in [1.54, 1.807) is 14.2 Å². The van der Waals surface area contributed by atoms with E-state index in [2.05, 4.69) is 31.2 Å². The highest BCUT2D eigenvalue weighted by atomic mass is 16.5. The summed E-state index contributed by atoms with van der Waals surface area (Å²) in [6.45, 7) is 2.18. The van der Waals surface area contributed by atoms with Crippen LogP contribution in [-0.4, -0.2) is 14.2 Å². The lowest BCUT2D eigenvalue weighted by Crippen LogP contribution is -2.14. The molecule has 2 N–H and O–H groups in total. The van der Waals surface area contributed by atoms with Crippen LogP contribution in [0.2, 0.25) is 0 Å². The standard InChI is InChI=1S/C18H23NO2/c1-4-6-13-9-11-14(12-10-13)18(19)17-15(20-2)7-5-8-16(17)21-3/h5,7-12,18H,4,6,19H2,1-3H3. The Labute approximate surface area is 126 Å². The van der Waals surface area contributed by atoms with Crippen LogP contribution in [-0.2, 0) is 6.42 Å². The van der Waals surface area contributed by atoms with Crippen molar-refractivity contribution in [3.8, 4) is 11.5 Å². The van der Waals surface area contributed by atoms with Crippen LogP contribution in [0.5, 0.6) is 11.5 Å².